The largest absolute Gasteiger partial charge is 0.385 e. The monoisotopic (exact) mass is 248 g/mol. The van der Waals surface area contributed by atoms with E-state index < -0.39 is 9.84 Å². The molecule has 0 fully saturated rings. The first-order valence-corrected chi connectivity index (χ1v) is 6.82. The zero-order chi connectivity index (χ0) is 11.5. The summed E-state index contributed by atoms with van der Waals surface area (Å²) in [4.78, 5) is 3.75. The van der Waals surface area contributed by atoms with Gasteiger partial charge in [-0.05, 0) is 18.6 Å². The van der Waals surface area contributed by atoms with Crippen molar-refractivity contribution in [3.63, 3.8) is 0 Å². The SMILES string of the molecule is CCCNc1cc(Cl)nc(S(C)(=O)=O)c1. The van der Waals surface area contributed by atoms with Gasteiger partial charge in [0.2, 0.25) is 0 Å². The Bertz CT molecular complexity index is 445. The van der Waals surface area contributed by atoms with Crippen molar-refractivity contribution in [2.45, 2.75) is 18.4 Å². The maximum absolute atomic E-state index is 11.3. The standard InChI is InChI=1S/C9H13ClN2O2S/c1-3-4-11-7-5-8(10)12-9(6-7)15(2,13)14/h5-6H,3-4H2,1-2H3,(H,11,12). The van der Waals surface area contributed by atoms with Crippen LogP contribution in [0.5, 0.6) is 0 Å². The van der Waals surface area contributed by atoms with Gasteiger partial charge in [-0.1, -0.05) is 18.5 Å². The molecule has 0 saturated heterocycles. The fourth-order valence-electron chi connectivity index (χ4n) is 1.03. The van der Waals surface area contributed by atoms with Crippen LogP contribution in [0.3, 0.4) is 0 Å². The molecule has 0 spiro atoms. The van der Waals surface area contributed by atoms with Crippen LogP contribution in [0.15, 0.2) is 17.2 Å². The van der Waals surface area contributed by atoms with E-state index >= 15 is 0 Å². The highest BCUT2D eigenvalue weighted by Crippen LogP contribution is 2.18. The Balaban J connectivity index is 3.06. The second kappa shape index (κ2) is 4.81. The smallest absolute Gasteiger partial charge is 0.192 e. The molecule has 1 N–H and O–H groups in total. The number of sulfone groups is 1. The minimum Gasteiger partial charge on any atom is -0.385 e. The van der Waals surface area contributed by atoms with E-state index in [1.54, 1.807) is 6.07 Å². The fourth-order valence-corrected chi connectivity index (χ4v) is 1.90. The summed E-state index contributed by atoms with van der Waals surface area (Å²) in [5.74, 6) is 0. The van der Waals surface area contributed by atoms with Crippen molar-refractivity contribution in [1.29, 1.82) is 0 Å². The molecule has 0 saturated carbocycles. The summed E-state index contributed by atoms with van der Waals surface area (Å²) in [6.07, 6.45) is 2.06. The maximum Gasteiger partial charge on any atom is 0.192 e. The van der Waals surface area contributed by atoms with Gasteiger partial charge in [-0.3, -0.25) is 0 Å². The lowest BCUT2D eigenvalue weighted by molar-refractivity contribution is 0.598. The van der Waals surface area contributed by atoms with Gasteiger partial charge in [0, 0.05) is 18.5 Å². The van der Waals surface area contributed by atoms with E-state index in [2.05, 4.69) is 10.3 Å². The Labute approximate surface area is 94.6 Å². The highest BCUT2D eigenvalue weighted by Gasteiger charge is 2.11. The summed E-state index contributed by atoms with van der Waals surface area (Å²) >= 11 is 5.72. The molecular weight excluding hydrogens is 236 g/mol. The highest BCUT2D eigenvalue weighted by atomic mass is 35.5. The molecule has 1 rings (SSSR count). The molecule has 1 aromatic rings. The zero-order valence-corrected chi connectivity index (χ0v) is 10.2. The Hall–Kier alpha value is -0.810. The van der Waals surface area contributed by atoms with Crippen molar-refractivity contribution in [2.75, 3.05) is 18.1 Å². The van der Waals surface area contributed by atoms with Crippen LogP contribution < -0.4 is 5.32 Å². The molecule has 0 aliphatic rings. The van der Waals surface area contributed by atoms with Gasteiger partial charge in [-0.25, -0.2) is 13.4 Å². The van der Waals surface area contributed by atoms with Crippen LogP contribution in [0.1, 0.15) is 13.3 Å². The van der Waals surface area contributed by atoms with Crippen LogP contribution in [0, 0.1) is 0 Å². The molecule has 0 atom stereocenters. The van der Waals surface area contributed by atoms with Crippen molar-refractivity contribution in [2.24, 2.45) is 0 Å². The second-order valence-corrected chi connectivity index (χ2v) is 5.57. The first-order chi connectivity index (χ1) is 6.93. The topological polar surface area (TPSA) is 59.1 Å². The van der Waals surface area contributed by atoms with Crippen molar-refractivity contribution in [1.82, 2.24) is 4.98 Å². The normalized spacial score (nSPS) is 11.4. The molecule has 0 bridgehead atoms. The number of anilines is 1. The van der Waals surface area contributed by atoms with E-state index in [1.165, 1.54) is 6.07 Å². The van der Waals surface area contributed by atoms with E-state index in [0.29, 0.717) is 5.69 Å². The first-order valence-electron chi connectivity index (χ1n) is 4.55. The Morgan fingerprint density at radius 1 is 1.47 bits per heavy atom. The van der Waals surface area contributed by atoms with Crippen LogP contribution in [-0.2, 0) is 9.84 Å². The van der Waals surface area contributed by atoms with Gasteiger partial charge in [0.25, 0.3) is 0 Å². The average molecular weight is 249 g/mol. The Morgan fingerprint density at radius 3 is 2.67 bits per heavy atom. The van der Waals surface area contributed by atoms with Crippen molar-refractivity contribution in [3.8, 4) is 0 Å². The highest BCUT2D eigenvalue weighted by molar-refractivity contribution is 7.90. The third-order valence-electron chi connectivity index (χ3n) is 1.73. The fraction of sp³-hybridized carbons (Fsp3) is 0.444. The van der Waals surface area contributed by atoms with Gasteiger partial charge in [-0.2, -0.15) is 0 Å². The number of hydrogen-bond donors (Lipinski definition) is 1. The molecule has 0 amide bonds. The summed E-state index contributed by atoms with van der Waals surface area (Å²) < 4.78 is 22.5. The molecule has 84 valence electrons. The van der Waals surface area contributed by atoms with E-state index in [0.717, 1.165) is 19.2 Å². The summed E-state index contributed by atoms with van der Waals surface area (Å²) in [6, 6.07) is 3.09. The van der Waals surface area contributed by atoms with E-state index in [1.807, 2.05) is 6.92 Å². The number of pyridine rings is 1. The third-order valence-corrected chi connectivity index (χ3v) is 2.89. The van der Waals surface area contributed by atoms with Crippen LogP contribution in [0.2, 0.25) is 5.15 Å². The Kier molecular flexibility index (Phi) is 3.93. The van der Waals surface area contributed by atoms with Gasteiger partial charge >= 0.3 is 0 Å². The number of nitrogens with zero attached hydrogens (tertiary/aromatic N) is 1. The van der Waals surface area contributed by atoms with Gasteiger partial charge in [-0.15, -0.1) is 0 Å². The minimum atomic E-state index is -3.31. The molecule has 15 heavy (non-hydrogen) atoms. The summed E-state index contributed by atoms with van der Waals surface area (Å²) in [5.41, 5.74) is 0.678. The molecule has 6 heteroatoms. The molecule has 0 aliphatic carbocycles. The van der Waals surface area contributed by atoms with E-state index in [4.69, 9.17) is 11.6 Å². The molecule has 1 heterocycles. The van der Waals surface area contributed by atoms with Gasteiger partial charge in [0.05, 0.1) is 0 Å². The number of aromatic nitrogens is 1. The predicted molar refractivity (Wildman–Crippen MR) is 61.1 cm³/mol. The second-order valence-electron chi connectivity index (χ2n) is 3.22. The summed E-state index contributed by atoms with van der Waals surface area (Å²) in [7, 11) is -3.31. The average Bonchev–Trinajstić information content (AvgIpc) is 2.12. The number of nitrogens with one attached hydrogen (secondary N) is 1. The molecule has 1 aromatic heterocycles. The number of halogens is 1. The molecule has 0 unspecified atom stereocenters. The van der Waals surface area contributed by atoms with Crippen LogP contribution >= 0.6 is 11.6 Å². The molecule has 0 aromatic carbocycles. The maximum atomic E-state index is 11.3. The van der Waals surface area contributed by atoms with Crippen molar-refractivity contribution in [3.05, 3.63) is 17.3 Å². The zero-order valence-electron chi connectivity index (χ0n) is 8.62. The lowest BCUT2D eigenvalue weighted by Crippen LogP contribution is -2.04. The number of rotatable bonds is 4. The van der Waals surface area contributed by atoms with Crippen LogP contribution in [-0.4, -0.2) is 26.2 Å². The summed E-state index contributed by atoms with van der Waals surface area (Å²) in [6.45, 7) is 2.79. The summed E-state index contributed by atoms with van der Waals surface area (Å²) in [5, 5.41) is 3.23. The third kappa shape index (κ3) is 3.68. The lowest BCUT2D eigenvalue weighted by atomic mass is 10.4. The van der Waals surface area contributed by atoms with Crippen molar-refractivity contribution >= 4 is 27.1 Å². The minimum absolute atomic E-state index is 0.00592. The molecule has 0 radical (unpaired) electrons. The Morgan fingerprint density at radius 2 is 2.13 bits per heavy atom. The molecule has 4 nitrogen and oxygen atoms in total. The lowest BCUT2D eigenvalue weighted by Gasteiger charge is -2.06. The van der Waals surface area contributed by atoms with E-state index in [9.17, 15) is 8.42 Å². The molecule has 0 aliphatic heterocycles. The van der Waals surface area contributed by atoms with Crippen LogP contribution in [0.25, 0.3) is 0 Å². The number of hydrogen-bond acceptors (Lipinski definition) is 4. The first kappa shape index (κ1) is 12.3. The van der Waals surface area contributed by atoms with Crippen LogP contribution in [0.4, 0.5) is 5.69 Å². The van der Waals surface area contributed by atoms with E-state index in [-0.39, 0.29) is 10.2 Å². The predicted octanol–water partition coefficient (Wildman–Crippen LogP) is 1.96. The quantitative estimate of drug-likeness (QED) is 0.828. The van der Waals surface area contributed by atoms with Gasteiger partial charge in [0.15, 0.2) is 14.9 Å². The van der Waals surface area contributed by atoms with Gasteiger partial charge in [0.1, 0.15) is 5.15 Å². The van der Waals surface area contributed by atoms with Crippen molar-refractivity contribution < 1.29 is 8.42 Å². The van der Waals surface area contributed by atoms with Gasteiger partial charge < -0.3 is 5.32 Å². The molecular formula is C9H13ClN2O2S.